The minimum absolute atomic E-state index is 0. The summed E-state index contributed by atoms with van der Waals surface area (Å²) in [6.45, 7) is 25.1. The van der Waals surface area contributed by atoms with Crippen molar-refractivity contribution >= 4 is 60.7 Å². The fourth-order valence-electron chi connectivity index (χ4n) is 3.30. The second-order valence-electron chi connectivity index (χ2n) is 12.1. The molecule has 1 aromatic heterocycles. The number of allylic oxidation sites excluding steroid dienone is 1. The Bertz CT molecular complexity index is 1580. The Balaban J connectivity index is -0.000000649. The van der Waals surface area contributed by atoms with Crippen molar-refractivity contribution in [3.63, 3.8) is 0 Å². The van der Waals surface area contributed by atoms with E-state index in [4.69, 9.17) is 56.4 Å². The zero-order valence-corrected chi connectivity index (χ0v) is 35.6. The Morgan fingerprint density at radius 1 is 0.960 bits per heavy atom. The van der Waals surface area contributed by atoms with E-state index in [1.165, 1.54) is 11.8 Å². The summed E-state index contributed by atoms with van der Waals surface area (Å²) in [6, 6.07) is 16.5. The zero-order chi connectivity index (χ0) is 37.3. The standard InChI is InChI=1S/C14H15BrN4O.C11H7BrN2O.C5H13NO.C4H9ClO.Na.H2O/c1-14(2,20)8-19-13(16)12(17-3)11(18-19)9-4-6-10(15)7-5-9;1-14-10(7-13)11(15-2)8-3-5-9(12)6-4-8;1-5(2,7)3-4-6;1-4(2,6)3-5;;/h4-7,20H,8,16H2,1-2H3;3-6H,2H3;7H,3-4,6H2,1-2H3;6H,3H2,1-2H3;;1H2/q;;;;+1;/p-1/b;11-10+;;;;. The monoisotopic (exact) mass is 847 g/mol. The van der Waals surface area contributed by atoms with Crippen molar-refractivity contribution in [1.29, 1.82) is 5.26 Å². The van der Waals surface area contributed by atoms with E-state index < -0.39 is 16.8 Å². The predicted octanol–water partition coefficient (Wildman–Crippen LogP) is 4.35. The van der Waals surface area contributed by atoms with Gasteiger partial charge < -0.3 is 37.0 Å². The number of aromatic nitrogens is 2. The average Bonchev–Trinajstić information content (AvgIpc) is 3.30. The first-order valence-corrected chi connectivity index (χ1v) is 16.5. The second kappa shape index (κ2) is 24.7. The smallest absolute Gasteiger partial charge is 0.870 e. The molecule has 0 atom stereocenters. The normalized spacial score (nSPS) is 10.9. The zero-order valence-electron chi connectivity index (χ0n) is 29.7. The van der Waals surface area contributed by atoms with E-state index in [1.54, 1.807) is 59.7 Å². The molecule has 0 aliphatic carbocycles. The van der Waals surface area contributed by atoms with Gasteiger partial charge in [-0.25, -0.2) is 15.0 Å². The maximum Gasteiger partial charge on any atom is 1.00 e. The molecule has 0 aliphatic heterocycles. The predicted molar refractivity (Wildman–Crippen MR) is 202 cm³/mol. The summed E-state index contributed by atoms with van der Waals surface area (Å²) in [5.41, 5.74) is 11.2. The number of nitrogens with zero attached hydrogens (tertiary/aromatic N) is 5. The third-order valence-electron chi connectivity index (χ3n) is 5.56. The van der Waals surface area contributed by atoms with Gasteiger partial charge in [0.2, 0.25) is 0 Å². The van der Waals surface area contributed by atoms with E-state index in [1.807, 2.05) is 36.4 Å². The van der Waals surface area contributed by atoms with Gasteiger partial charge in [0.25, 0.3) is 5.69 Å². The quantitative estimate of drug-likeness (QED) is 0.0719. The summed E-state index contributed by atoms with van der Waals surface area (Å²) >= 11 is 11.9. The maximum atomic E-state index is 9.88. The number of hydrogen-bond donors (Lipinski definition) is 5. The molecule has 0 aliphatic rings. The summed E-state index contributed by atoms with van der Waals surface area (Å²) in [6.07, 6.45) is 0.674. The number of rotatable bonds is 8. The summed E-state index contributed by atoms with van der Waals surface area (Å²) in [5, 5.41) is 40.6. The molecule has 8 N–H and O–H groups in total. The Morgan fingerprint density at radius 2 is 1.42 bits per heavy atom. The van der Waals surface area contributed by atoms with Crippen molar-refractivity contribution < 1.29 is 55.1 Å². The minimum atomic E-state index is -0.948. The summed E-state index contributed by atoms with van der Waals surface area (Å²) < 4.78 is 8.41. The van der Waals surface area contributed by atoms with Gasteiger partial charge in [0.15, 0.2) is 0 Å². The maximum absolute atomic E-state index is 9.88. The number of nitrogen functional groups attached to an aromatic ring is 1. The Hall–Kier alpha value is -2.49. The molecule has 0 saturated carbocycles. The number of anilines is 1. The van der Waals surface area contributed by atoms with Crippen molar-refractivity contribution in [3.05, 3.63) is 91.6 Å². The third-order valence-corrected chi connectivity index (χ3v) is 7.27. The van der Waals surface area contributed by atoms with Crippen LogP contribution in [0.4, 0.5) is 11.5 Å². The van der Waals surface area contributed by atoms with Crippen LogP contribution in [-0.4, -0.2) is 66.9 Å². The number of nitrogens with two attached hydrogens (primary N) is 2. The van der Waals surface area contributed by atoms with Crippen LogP contribution in [0.2, 0.25) is 0 Å². The fraction of sp³-hybridized carbons (Fsp3) is 0.412. The van der Waals surface area contributed by atoms with Crippen LogP contribution >= 0.6 is 43.5 Å². The number of methoxy groups -OCH3 is 1. The summed E-state index contributed by atoms with van der Waals surface area (Å²) in [5.74, 6) is 0.882. The molecule has 0 fully saturated rings. The third kappa shape index (κ3) is 21.0. The van der Waals surface area contributed by atoms with Gasteiger partial charge in [0.05, 0.1) is 55.6 Å². The molecule has 0 saturated heterocycles. The molecule has 2 aromatic carbocycles. The first-order valence-electron chi connectivity index (χ1n) is 14.4. The number of halogens is 3. The average molecular weight is 850 g/mol. The van der Waals surface area contributed by atoms with Gasteiger partial charge in [-0.3, -0.25) is 4.68 Å². The SMILES string of the molecule is CC(C)(O)CCN.CC(C)(O)CCl.[C-]#[N+]/C(C#N)=C(/OC)c1ccc(Br)cc1.[C-]#[N+]c1c(-c2ccc(Br)cc2)nn(CC(C)(C)O)c1N.[Na+].[OH-]. The van der Waals surface area contributed by atoms with Crippen molar-refractivity contribution in [2.24, 2.45) is 5.73 Å². The molecular formula is C34H45Br2ClN7NaO5. The number of ether oxygens (including phenoxy) is 1. The Morgan fingerprint density at radius 3 is 1.72 bits per heavy atom. The molecule has 1 heterocycles. The van der Waals surface area contributed by atoms with E-state index >= 15 is 0 Å². The van der Waals surface area contributed by atoms with Gasteiger partial charge in [-0.05, 0) is 84.3 Å². The van der Waals surface area contributed by atoms with Gasteiger partial charge in [0, 0.05) is 14.5 Å². The molecule has 16 heteroatoms. The molecule has 0 bridgehead atoms. The van der Waals surface area contributed by atoms with Crippen LogP contribution < -0.4 is 41.0 Å². The molecule has 0 spiro atoms. The Labute approximate surface area is 339 Å². The number of hydrogen-bond acceptors (Lipinski definition) is 9. The van der Waals surface area contributed by atoms with Crippen LogP contribution in [0.15, 0.2) is 63.2 Å². The summed E-state index contributed by atoms with van der Waals surface area (Å²) in [7, 11) is 1.44. The second-order valence-corrected chi connectivity index (χ2v) is 14.2. The van der Waals surface area contributed by atoms with Crippen LogP contribution in [0.25, 0.3) is 26.7 Å². The molecule has 268 valence electrons. The molecule has 50 heavy (non-hydrogen) atoms. The van der Waals surface area contributed by atoms with Crippen molar-refractivity contribution in [3.8, 4) is 17.3 Å². The van der Waals surface area contributed by atoms with E-state index in [9.17, 15) is 5.11 Å². The first kappa shape index (κ1) is 51.9. The van der Waals surface area contributed by atoms with Gasteiger partial charge in [0.1, 0.15) is 17.3 Å². The number of benzene rings is 2. The molecular weight excluding hydrogens is 805 g/mol. The van der Waals surface area contributed by atoms with Crippen molar-refractivity contribution in [2.45, 2.75) is 71.3 Å². The van der Waals surface area contributed by atoms with Gasteiger partial charge in [-0.2, -0.15) is 5.10 Å². The van der Waals surface area contributed by atoms with Gasteiger partial charge in [-0.15, -0.1) is 11.6 Å². The van der Waals surface area contributed by atoms with Crippen LogP contribution in [0, 0.1) is 24.5 Å². The topological polar surface area (TPSA) is 202 Å². The van der Waals surface area contributed by atoms with E-state index in [2.05, 4.69) is 46.6 Å². The van der Waals surface area contributed by atoms with Crippen molar-refractivity contribution in [1.82, 2.24) is 9.78 Å². The van der Waals surface area contributed by atoms with E-state index in [0.29, 0.717) is 41.5 Å². The molecule has 3 rings (SSSR count). The number of alkyl halides is 1. The number of nitriles is 1. The van der Waals surface area contributed by atoms with Crippen LogP contribution in [0.1, 0.15) is 53.5 Å². The summed E-state index contributed by atoms with van der Waals surface area (Å²) in [4.78, 5) is 6.58. The molecule has 12 nitrogen and oxygen atoms in total. The van der Waals surface area contributed by atoms with Crippen LogP contribution in [0.5, 0.6) is 0 Å². The van der Waals surface area contributed by atoms with Gasteiger partial charge in [-0.1, -0.05) is 56.1 Å². The fourth-order valence-corrected chi connectivity index (χ4v) is 3.83. The molecule has 0 unspecified atom stereocenters. The first-order chi connectivity index (χ1) is 22.2. The van der Waals surface area contributed by atoms with E-state index in [0.717, 1.165) is 14.5 Å². The minimum Gasteiger partial charge on any atom is -0.870 e. The Kier molecular flexibility index (Phi) is 25.6. The van der Waals surface area contributed by atoms with Crippen LogP contribution in [-0.2, 0) is 11.3 Å². The largest absolute Gasteiger partial charge is 1.00 e. The van der Waals surface area contributed by atoms with E-state index in [-0.39, 0.29) is 53.1 Å². The molecule has 0 amide bonds. The van der Waals surface area contributed by atoms with Gasteiger partial charge >= 0.3 is 35.3 Å². The van der Waals surface area contributed by atoms with Crippen molar-refractivity contribution in [2.75, 3.05) is 25.3 Å². The number of aliphatic hydroxyl groups is 3. The molecule has 3 aromatic rings. The van der Waals surface area contributed by atoms with Crippen LogP contribution in [0.3, 0.4) is 0 Å². The molecule has 0 radical (unpaired) electrons.